The maximum absolute atomic E-state index is 12.9. The lowest BCUT2D eigenvalue weighted by molar-refractivity contribution is -0.137. The van der Waals surface area contributed by atoms with Gasteiger partial charge in [0.05, 0.1) is 17.9 Å². The zero-order valence-electron chi connectivity index (χ0n) is 17.8. The first-order valence-corrected chi connectivity index (χ1v) is 10.7. The Kier molecular flexibility index (Phi) is 6.55. The van der Waals surface area contributed by atoms with Crippen LogP contribution in [0, 0.1) is 0 Å². The van der Waals surface area contributed by atoms with E-state index in [1.165, 1.54) is 17.7 Å². The molecule has 0 saturated heterocycles. The van der Waals surface area contributed by atoms with Gasteiger partial charge < -0.3 is 4.74 Å². The van der Waals surface area contributed by atoms with Gasteiger partial charge in [-0.2, -0.15) is 13.2 Å². The van der Waals surface area contributed by atoms with Crippen LogP contribution in [0.1, 0.15) is 59.8 Å². The first-order chi connectivity index (χ1) is 14.5. The average Bonchev–Trinajstić information content (AvgIpc) is 3.11. The summed E-state index contributed by atoms with van der Waals surface area (Å²) >= 11 is 1.13. The largest absolute Gasteiger partial charge is 0.462 e. The van der Waals surface area contributed by atoms with Crippen LogP contribution in [0.4, 0.5) is 13.2 Å². The Morgan fingerprint density at radius 3 is 2.06 bits per heavy atom. The predicted molar refractivity (Wildman–Crippen MR) is 116 cm³/mol. The van der Waals surface area contributed by atoms with Crippen LogP contribution in [-0.2, 0) is 22.7 Å². The second-order valence-corrected chi connectivity index (χ2v) is 9.21. The highest BCUT2D eigenvalue weighted by Gasteiger charge is 2.30. The van der Waals surface area contributed by atoms with Crippen LogP contribution in [0.25, 0.3) is 10.6 Å². The lowest BCUT2D eigenvalue weighted by Crippen LogP contribution is -2.11. The minimum Gasteiger partial charge on any atom is -0.462 e. The maximum Gasteiger partial charge on any atom is 0.416 e. The summed E-state index contributed by atoms with van der Waals surface area (Å²) < 4.78 is 43.7. The van der Waals surface area contributed by atoms with E-state index in [2.05, 4.69) is 37.9 Å². The van der Waals surface area contributed by atoms with E-state index in [0.29, 0.717) is 27.6 Å². The van der Waals surface area contributed by atoms with Crippen molar-refractivity contribution in [3.8, 4) is 10.6 Å². The van der Waals surface area contributed by atoms with E-state index < -0.39 is 17.7 Å². The molecule has 2 aromatic carbocycles. The topological polar surface area (TPSA) is 39.2 Å². The number of alkyl halides is 3. The second-order valence-electron chi connectivity index (χ2n) is 8.21. The molecule has 0 aliphatic rings. The van der Waals surface area contributed by atoms with Gasteiger partial charge in [-0.3, -0.25) is 0 Å². The SMILES string of the molecule is CCOC(=O)c1sc(-c2ccc(C(F)(F)F)cc2)nc1Cc1ccc(C(C)(C)C)cc1. The number of carbonyl (C=O) groups excluding carboxylic acids is 1. The van der Waals surface area contributed by atoms with Gasteiger partial charge in [-0.25, -0.2) is 9.78 Å². The van der Waals surface area contributed by atoms with Crippen LogP contribution in [0.5, 0.6) is 0 Å². The van der Waals surface area contributed by atoms with E-state index >= 15 is 0 Å². The highest BCUT2D eigenvalue weighted by molar-refractivity contribution is 7.17. The number of ether oxygens (including phenoxy) is 1. The Balaban J connectivity index is 1.94. The number of benzene rings is 2. The summed E-state index contributed by atoms with van der Waals surface area (Å²) in [7, 11) is 0. The minimum absolute atomic E-state index is 0.0327. The second kappa shape index (κ2) is 8.83. The molecule has 7 heteroatoms. The number of aromatic nitrogens is 1. The third-order valence-electron chi connectivity index (χ3n) is 4.81. The van der Waals surface area contributed by atoms with Gasteiger partial charge in [-0.05, 0) is 35.6 Å². The predicted octanol–water partition coefficient (Wildman–Crippen LogP) is 6.89. The zero-order chi connectivity index (χ0) is 22.8. The van der Waals surface area contributed by atoms with Crippen molar-refractivity contribution in [2.45, 2.75) is 45.7 Å². The van der Waals surface area contributed by atoms with E-state index in [-0.39, 0.29) is 12.0 Å². The molecule has 1 heterocycles. The monoisotopic (exact) mass is 447 g/mol. The highest BCUT2D eigenvalue weighted by Crippen LogP contribution is 2.34. The first-order valence-electron chi connectivity index (χ1n) is 9.93. The Bertz CT molecular complexity index is 1050. The van der Waals surface area contributed by atoms with Crippen LogP contribution >= 0.6 is 11.3 Å². The van der Waals surface area contributed by atoms with Crippen LogP contribution in [0.15, 0.2) is 48.5 Å². The van der Waals surface area contributed by atoms with E-state index in [1.54, 1.807) is 6.92 Å². The number of halogens is 3. The lowest BCUT2D eigenvalue weighted by atomic mass is 9.86. The van der Waals surface area contributed by atoms with E-state index in [9.17, 15) is 18.0 Å². The summed E-state index contributed by atoms with van der Waals surface area (Å²) in [5.41, 5.74) is 2.58. The number of nitrogens with zero attached hydrogens (tertiary/aromatic N) is 1. The minimum atomic E-state index is -4.40. The van der Waals surface area contributed by atoms with Crippen molar-refractivity contribution in [3.05, 3.63) is 75.8 Å². The first kappa shape index (κ1) is 23.0. The van der Waals surface area contributed by atoms with Crippen molar-refractivity contribution in [1.29, 1.82) is 0 Å². The maximum atomic E-state index is 12.9. The summed E-state index contributed by atoms with van der Waals surface area (Å²) in [6.45, 7) is 8.36. The van der Waals surface area contributed by atoms with Gasteiger partial charge in [0.1, 0.15) is 9.88 Å². The number of hydrogen-bond acceptors (Lipinski definition) is 4. The molecule has 3 nitrogen and oxygen atoms in total. The van der Waals surface area contributed by atoms with Crippen molar-refractivity contribution in [2.24, 2.45) is 0 Å². The molecule has 0 bridgehead atoms. The van der Waals surface area contributed by atoms with Crippen molar-refractivity contribution in [1.82, 2.24) is 4.98 Å². The Labute approximate surface area is 183 Å². The molecular weight excluding hydrogens is 423 g/mol. The number of carbonyl (C=O) groups is 1. The molecule has 0 fully saturated rings. The number of hydrogen-bond donors (Lipinski definition) is 0. The number of thiazole rings is 1. The van der Waals surface area contributed by atoms with Gasteiger partial charge in [-0.1, -0.05) is 57.2 Å². The van der Waals surface area contributed by atoms with Gasteiger partial charge in [-0.15, -0.1) is 11.3 Å². The fourth-order valence-electron chi connectivity index (χ4n) is 3.07. The van der Waals surface area contributed by atoms with Gasteiger partial charge in [0.2, 0.25) is 0 Å². The van der Waals surface area contributed by atoms with Crippen LogP contribution in [0.2, 0.25) is 0 Å². The molecule has 1 aromatic heterocycles. The number of esters is 1. The van der Waals surface area contributed by atoms with Crippen LogP contribution < -0.4 is 0 Å². The molecule has 31 heavy (non-hydrogen) atoms. The molecule has 0 atom stereocenters. The molecule has 3 rings (SSSR count). The van der Waals surface area contributed by atoms with Crippen molar-refractivity contribution >= 4 is 17.3 Å². The molecule has 0 saturated carbocycles. The smallest absolute Gasteiger partial charge is 0.416 e. The molecule has 0 unspecified atom stereocenters. The average molecular weight is 448 g/mol. The summed E-state index contributed by atoms with van der Waals surface area (Å²) in [4.78, 5) is 17.4. The Hall–Kier alpha value is -2.67. The number of rotatable bonds is 5. The van der Waals surface area contributed by atoms with Gasteiger partial charge in [0.15, 0.2) is 0 Å². The van der Waals surface area contributed by atoms with Crippen LogP contribution in [-0.4, -0.2) is 17.6 Å². The fourth-order valence-corrected chi connectivity index (χ4v) is 4.05. The van der Waals surface area contributed by atoms with E-state index in [0.717, 1.165) is 29.0 Å². The highest BCUT2D eigenvalue weighted by atomic mass is 32.1. The van der Waals surface area contributed by atoms with Gasteiger partial charge >= 0.3 is 12.1 Å². The van der Waals surface area contributed by atoms with E-state index in [1.807, 2.05) is 12.1 Å². The molecular formula is C24H24F3NO2S. The third-order valence-corrected chi connectivity index (χ3v) is 5.94. The molecule has 0 radical (unpaired) electrons. The third kappa shape index (κ3) is 5.53. The molecule has 0 N–H and O–H groups in total. The molecule has 0 spiro atoms. The molecule has 0 aliphatic carbocycles. The molecule has 164 valence electrons. The summed E-state index contributed by atoms with van der Waals surface area (Å²) in [5.74, 6) is -0.473. The van der Waals surface area contributed by atoms with Crippen molar-refractivity contribution in [2.75, 3.05) is 6.61 Å². The fraction of sp³-hybridized carbons (Fsp3) is 0.333. The van der Waals surface area contributed by atoms with Crippen molar-refractivity contribution in [3.63, 3.8) is 0 Å². The summed E-state index contributed by atoms with van der Waals surface area (Å²) in [6, 6.07) is 12.9. The van der Waals surface area contributed by atoms with Gasteiger partial charge in [0, 0.05) is 12.0 Å². The summed E-state index contributed by atoms with van der Waals surface area (Å²) in [5, 5.41) is 0.484. The normalized spacial score (nSPS) is 12.1. The Morgan fingerprint density at radius 1 is 0.968 bits per heavy atom. The summed E-state index contributed by atoms with van der Waals surface area (Å²) in [6.07, 6.45) is -3.97. The van der Waals surface area contributed by atoms with E-state index in [4.69, 9.17) is 4.74 Å². The molecule has 0 aliphatic heterocycles. The molecule has 0 amide bonds. The van der Waals surface area contributed by atoms with Crippen molar-refractivity contribution < 1.29 is 22.7 Å². The van der Waals surface area contributed by atoms with Crippen LogP contribution in [0.3, 0.4) is 0 Å². The van der Waals surface area contributed by atoms with Gasteiger partial charge in [0.25, 0.3) is 0 Å². The zero-order valence-corrected chi connectivity index (χ0v) is 18.7. The standard InChI is InChI=1S/C24H24F3NO2S/c1-5-30-22(29)20-19(14-15-6-10-17(11-7-15)23(2,3)4)28-21(31-20)16-8-12-18(13-9-16)24(25,26)27/h6-13H,5,14H2,1-4H3. The quantitative estimate of drug-likeness (QED) is 0.400. The lowest BCUT2D eigenvalue weighted by Gasteiger charge is -2.19. The Morgan fingerprint density at radius 2 is 1.55 bits per heavy atom. The molecule has 3 aromatic rings.